The Labute approximate surface area is 115 Å². The molecule has 0 aliphatic rings. The summed E-state index contributed by atoms with van der Waals surface area (Å²) < 4.78 is 0. The Morgan fingerprint density at radius 2 is 1.94 bits per heavy atom. The average molecular weight is 304 g/mol. The number of aryl methyl sites for hydroxylation is 1. The third-order valence-electron chi connectivity index (χ3n) is 2.73. The van der Waals surface area contributed by atoms with Crippen molar-refractivity contribution in [2.45, 2.75) is 12.3 Å². The SMILES string of the molecule is Cc1ccccc1C(=O)Nc1cccc(CBr)c1. The normalized spacial score (nSPS) is 10.1. The van der Waals surface area contributed by atoms with Gasteiger partial charge in [0.05, 0.1) is 0 Å². The van der Waals surface area contributed by atoms with Crippen LogP contribution >= 0.6 is 15.9 Å². The average Bonchev–Trinajstić information content (AvgIpc) is 2.39. The summed E-state index contributed by atoms with van der Waals surface area (Å²) in [6.07, 6.45) is 0. The second-order valence-electron chi connectivity index (χ2n) is 4.10. The molecule has 2 rings (SSSR count). The summed E-state index contributed by atoms with van der Waals surface area (Å²) in [6.45, 7) is 1.93. The summed E-state index contributed by atoms with van der Waals surface area (Å²) >= 11 is 3.40. The van der Waals surface area contributed by atoms with E-state index in [9.17, 15) is 4.79 Å². The van der Waals surface area contributed by atoms with Gasteiger partial charge in [-0.3, -0.25) is 4.79 Å². The zero-order valence-electron chi connectivity index (χ0n) is 10.1. The number of hydrogen-bond acceptors (Lipinski definition) is 1. The van der Waals surface area contributed by atoms with Crippen molar-refractivity contribution in [3.8, 4) is 0 Å². The number of halogens is 1. The van der Waals surface area contributed by atoms with Crippen LogP contribution in [-0.2, 0) is 5.33 Å². The van der Waals surface area contributed by atoms with E-state index in [1.165, 1.54) is 0 Å². The van der Waals surface area contributed by atoms with Crippen LogP contribution in [0, 0.1) is 6.92 Å². The Kier molecular flexibility index (Phi) is 4.15. The molecule has 0 fully saturated rings. The minimum atomic E-state index is -0.0696. The van der Waals surface area contributed by atoms with Crippen LogP contribution in [0.3, 0.4) is 0 Å². The van der Waals surface area contributed by atoms with Crippen LogP contribution in [-0.4, -0.2) is 5.91 Å². The number of carbonyl (C=O) groups is 1. The third kappa shape index (κ3) is 2.99. The van der Waals surface area contributed by atoms with Crippen molar-refractivity contribution in [1.29, 1.82) is 0 Å². The van der Waals surface area contributed by atoms with Gasteiger partial charge in [0, 0.05) is 16.6 Å². The summed E-state index contributed by atoms with van der Waals surface area (Å²) in [7, 11) is 0. The lowest BCUT2D eigenvalue weighted by atomic mass is 10.1. The Balaban J connectivity index is 2.19. The van der Waals surface area contributed by atoms with Crippen LogP contribution in [0.25, 0.3) is 0 Å². The fraction of sp³-hybridized carbons (Fsp3) is 0.133. The molecular weight excluding hydrogens is 290 g/mol. The van der Waals surface area contributed by atoms with Gasteiger partial charge in [-0.15, -0.1) is 0 Å². The molecule has 0 bridgehead atoms. The Hall–Kier alpha value is -1.61. The first-order valence-corrected chi connectivity index (χ1v) is 6.85. The van der Waals surface area contributed by atoms with E-state index in [1.54, 1.807) is 0 Å². The van der Waals surface area contributed by atoms with Crippen LogP contribution in [0.2, 0.25) is 0 Å². The molecule has 0 aromatic heterocycles. The third-order valence-corrected chi connectivity index (χ3v) is 3.38. The van der Waals surface area contributed by atoms with Gasteiger partial charge in [-0.05, 0) is 36.2 Å². The maximum absolute atomic E-state index is 12.1. The highest BCUT2D eigenvalue weighted by Gasteiger charge is 2.08. The van der Waals surface area contributed by atoms with Gasteiger partial charge in [0.1, 0.15) is 0 Å². The summed E-state index contributed by atoms with van der Waals surface area (Å²) in [6, 6.07) is 15.4. The van der Waals surface area contributed by atoms with Gasteiger partial charge in [-0.25, -0.2) is 0 Å². The fourth-order valence-corrected chi connectivity index (χ4v) is 2.11. The zero-order chi connectivity index (χ0) is 13.0. The molecule has 0 spiro atoms. The van der Waals surface area contributed by atoms with E-state index in [-0.39, 0.29) is 5.91 Å². The minimum absolute atomic E-state index is 0.0696. The lowest BCUT2D eigenvalue weighted by molar-refractivity contribution is 0.102. The van der Waals surface area contributed by atoms with E-state index in [1.807, 2.05) is 55.5 Å². The predicted molar refractivity (Wildman–Crippen MR) is 78.2 cm³/mol. The van der Waals surface area contributed by atoms with Crippen molar-refractivity contribution < 1.29 is 4.79 Å². The molecule has 0 atom stereocenters. The maximum atomic E-state index is 12.1. The number of nitrogens with one attached hydrogen (secondary N) is 1. The summed E-state index contributed by atoms with van der Waals surface area (Å²) in [4.78, 5) is 12.1. The summed E-state index contributed by atoms with van der Waals surface area (Å²) in [5, 5.41) is 3.69. The number of carbonyl (C=O) groups excluding carboxylic acids is 1. The largest absolute Gasteiger partial charge is 0.322 e. The molecule has 2 aromatic carbocycles. The molecule has 2 nitrogen and oxygen atoms in total. The smallest absolute Gasteiger partial charge is 0.255 e. The van der Waals surface area contributed by atoms with E-state index >= 15 is 0 Å². The first kappa shape index (κ1) is 12.8. The monoisotopic (exact) mass is 303 g/mol. The molecule has 0 aliphatic heterocycles. The van der Waals surface area contributed by atoms with Crippen LogP contribution < -0.4 is 5.32 Å². The Morgan fingerprint density at radius 3 is 2.67 bits per heavy atom. The Morgan fingerprint density at radius 1 is 1.17 bits per heavy atom. The molecule has 2 aromatic rings. The second kappa shape index (κ2) is 5.83. The van der Waals surface area contributed by atoms with E-state index in [0.29, 0.717) is 5.56 Å². The molecule has 0 radical (unpaired) electrons. The van der Waals surface area contributed by atoms with Crippen LogP contribution in [0.5, 0.6) is 0 Å². The molecule has 1 amide bonds. The highest BCUT2D eigenvalue weighted by atomic mass is 79.9. The van der Waals surface area contributed by atoms with Gasteiger partial charge < -0.3 is 5.32 Å². The van der Waals surface area contributed by atoms with Gasteiger partial charge in [0.25, 0.3) is 5.91 Å². The lowest BCUT2D eigenvalue weighted by Gasteiger charge is -2.08. The van der Waals surface area contributed by atoms with Gasteiger partial charge in [-0.2, -0.15) is 0 Å². The van der Waals surface area contributed by atoms with Crippen molar-refractivity contribution >= 4 is 27.5 Å². The van der Waals surface area contributed by atoms with Crippen LogP contribution in [0.1, 0.15) is 21.5 Å². The van der Waals surface area contributed by atoms with Gasteiger partial charge in [0.2, 0.25) is 0 Å². The molecule has 18 heavy (non-hydrogen) atoms. The molecule has 0 aliphatic carbocycles. The van der Waals surface area contributed by atoms with Crippen molar-refractivity contribution in [1.82, 2.24) is 0 Å². The molecule has 92 valence electrons. The fourth-order valence-electron chi connectivity index (χ4n) is 1.76. The van der Waals surface area contributed by atoms with Gasteiger partial charge in [0.15, 0.2) is 0 Å². The summed E-state index contributed by atoms with van der Waals surface area (Å²) in [5.74, 6) is -0.0696. The van der Waals surface area contributed by atoms with Crippen LogP contribution in [0.4, 0.5) is 5.69 Å². The van der Waals surface area contributed by atoms with E-state index in [2.05, 4.69) is 21.2 Å². The number of anilines is 1. The minimum Gasteiger partial charge on any atom is -0.322 e. The van der Waals surface area contributed by atoms with Crippen LogP contribution in [0.15, 0.2) is 48.5 Å². The van der Waals surface area contributed by atoms with Gasteiger partial charge in [-0.1, -0.05) is 46.3 Å². The molecule has 0 heterocycles. The van der Waals surface area contributed by atoms with Crippen molar-refractivity contribution in [3.05, 3.63) is 65.2 Å². The number of rotatable bonds is 3. The first-order chi connectivity index (χ1) is 8.70. The Bertz CT molecular complexity index is 566. The maximum Gasteiger partial charge on any atom is 0.255 e. The molecule has 3 heteroatoms. The van der Waals surface area contributed by atoms with E-state index in [4.69, 9.17) is 0 Å². The standard InChI is InChI=1S/C15H14BrNO/c1-11-5-2-3-8-14(11)15(18)17-13-7-4-6-12(9-13)10-16/h2-9H,10H2,1H3,(H,17,18). The topological polar surface area (TPSA) is 29.1 Å². The quantitative estimate of drug-likeness (QED) is 0.848. The van der Waals surface area contributed by atoms with Crippen molar-refractivity contribution in [3.63, 3.8) is 0 Å². The molecular formula is C15H14BrNO. The number of amides is 1. The molecule has 0 saturated carbocycles. The van der Waals surface area contributed by atoms with Gasteiger partial charge >= 0.3 is 0 Å². The van der Waals surface area contributed by atoms with E-state index in [0.717, 1.165) is 22.1 Å². The number of hydrogen-bond donors (Lipinski definition) is 1. The molecule has 0 saturated heterocycles. The molecule has 1 N–H and O–H groups in total. The first-order valence-electron chi connectivity index (χ1n) is 5.72. The summed E-state index contributed by atoms with van der Waals surface area (Å²) in [5.41, 5.74) is 3.64. The second-order valence-corrected chi connectivity index (χ2v) is 4.66. The molecule has 0 unspecified atom stereocenters. The van der Waals surface area contributed by atoms with Crippen molar-refractivity contribution in [2.24, 2.45) is 0 Å². The van der Waals surface area contributed by atoms with Crippen molar-refractivity contribution in [2.75, 3.05) is 5.32 Å². The zero-order valence-corrected chi connectivity index (χ0v) is 11.7. The predicted octanol–water partition coefficient (Wildman–Crippen LogP) is 4.14. The highest BCUT2D eigenvalue weighted by molar-refractivity contribution is 9.08. The number of benzene rings is 2. The van der Waals surface area contributed by atoms with E-state index < -0.39 is 0 Å². The highest BCUT2D eigenvalue weighted by Crippen LogP contribution is 2.15. The number of alkyl halides is 1. The lowest BCUT2D eigenvalue weighted by Crippen LogP contribution is -2.13.